The molecule has 0 aliphatic rings. The number of rotatable bonds is 5. The predicted molar refractivity (Wildman–Crippen MR) is 84.3 cm³/mol. The molecule has 0 unspecified atom stereocenters. The number of ketones is 1. The summed E-state index contributed by atoms with van der Waals surface area (Å²) in [6.07, 6.45) is -0.0947. The van der Waals surface area contributed by atoms with Crippen LogP contribution in [-0.4, -0.2) is 18.7 Å². The van der Waals surface area contributed by atoms with Crippen LogP contribution in [0, 0.1) is 17.1 Å². The number of carbonyl (C=O) groups is 2. The van der Waals surface area contributed by atoms with Crippen LogP contribution in [0.2, 0.25) is 0 Å². The molecule has 0 spiro atoms. The number of hydrogen-bond acceptors (Lipinski definition) is 3. The summed E-state index contributed by atoms with van der Waals surface area (Å²) in [6.45, 7) is 0. The molecule has 0 fully saturated rings. The van der Waals surface area contributed by atoms with Crippen molar-refractivity contribution in [2.45, 2.75) is 12.8 Å². The zero-order valence-electron chi connectivity index (χ0n) is 12.6. The van der Waals surface area contributed by atoms with E-state index in [-0.39, 0.29) is 30.3 Å². The summed E-state index contributed by atoms with van der Waals surface area (Å²) >= 11 is 0. The van der Waals surface area contributed by atoms with Crippen molar-refractivity contribution in [2.75, 3.05) is 11.9 Å². The largest absolute Gasteiger partial charge is 0.315 e. The van der Waals surface area contributed by atoms with Crippen LogP contribution >= 0.6 is 0 Å². The fraction of sp³-hybridized carbons (Fsp3) is 0.167. The Labute approximate surface area is 133 Å². The van der Waals surface area contributed by atoms with Crippen LogP contribution in [0.5, 0.6) is 0 Å². The Morgan fingerprint density at radius 3 is 2.26 bits per heavy atom. The lowest BCUT2D eigenvalue weighted by atomic mass is 10.0. The van der Waals surface area contributed by atoms with Crippen molar-refractivity contribution in [3.05, 3.63) is 65.5 Å². The van der Waals surface area contributed by atoms with Crippen molar-refractivity contribution in [1.82, 2.24) is 0 Å². The molecule has 2 aromatic carbocycles. The maximum absolute atomic E-state index is 12.9. The van der Waals surface area contributed by atoms with Crippen LogP contribution in [0.1, 0.15) is 17.5 Å². The van der Waals surface area contributed by atoms with Crippen molar-refractivity contribution >= 4 is 17.4 Å². The van der Waals surface area contributed by atoms with Gasteiger partial charge in [0.1, 0.15) is 11.6 Å². The highest BCUT2D eigenvalue weighted by molar-refractivity contribution is 6.05. The van der Waals surface area contributed by atoms with Crippen molar-refractivity contribution in [2.24, 2.45) is 0 Å². The smallest absolute Gasteiger partial charge is 0.234 e. The van der Waals surface area contributed by atoms with Gasteiger partial charge in [-0.2, -0.15) is 5.26 Å². The fourth-order valence-corrected chi connectivity index (χ4v) is 2.08. The molecular weight excluding hydrogens is 295 g/mol. The molecule has 116 valence electrons. The monoisotopic (exact) mass is 310 g/mol. The maximum Gasteiger partial charge on any atom is 0.234 e. The molecule has 0 aliphatic carbocycles. The van der Waals surface area contributed by atoms with E-state index in [2.05, 4.69) is 0 Å². The van der Waals surface area contributed by atoms with Gasteiger partial charge in [0.2, 0.25) is 5.91 Å². The standard InChI is InChI=1S/C18H15FN2O2/c1-21(16-8-6-15(19)7-9-16)18(23)11-17(22)10-13-2-4-14(12-20)5-3-13/h2-9H,10-11H2,1H3. The van der Waals surface area contributed by atoms with E-state index in [0.29, 0.717) is 11.3 Å². The van der Waals surface area contributed by atoms with Gasteiger partial charge in [-0.1, -0.05) is 12.1 Å². The van der Waals surface area contributed by atoms with Gasteiger partial charge in [0.15, 0.2) is 0 Å². The van der Waals surface area contributed by atoms with E-state index in [4.69, 9.17) is 5.26 Å². The minimum absolute atomic E-state index is 0.134. The Kier molecular flexibility index (Phi) is 5.21. The zero-order chi connectivity index (χ0) is 16.8. The highest BCUT2D eigenvalue weighted by Gasteiger charge is 2.15. The van der Waals surface area contributed by atoms with Gasteiger partial charge in [0.25, 0.3) is 0 Å². The first-order chi connectivity index (χ1) is 11.0. The maximum atomic E-state index is 12.9. The Bertz CT molecular complexity index is 746. The Morgan fingerprint density at radius 2 is 1.70 bits per heavy atom. The Balaban J connectivity index is 1.94. The van der Waals surface area contributed by atoms with Crippen molar-refractivity contribution in [1.29, 1.82) is 5.26 Å². The molecule has 1 amide bonds. The second-order valence-corrected chi connectivity index (χ2v) is 5.13. The zero-order valence-corrected chi connectivity index (χ0v) is 12.6. The first-order valence-electron chi connectivity index (χ1n) is 7.02. The van der Waals surface area contributed by atoms with E-state index >= 15 is 0 Å². The average Bonchev–Trinajstić information content (AvgIpc) is 2.55. The van der Waals surface area contributed by atoms with Crippen LogP contribution in [0.15, 0.2) is 48.5 Å². The lowest BCUT2D eigenvalue weighted by molar-refractivity contribution is -0.126. The fourth-order valence-electron chi connectivity index (χ4n) is 2.08. The van der Waals surface area contributed by atoms with E-state index < -0.39 is 0 Å². The van der Waals surface area contributed by atoms with Gasteiger partial charge in [-0.25, -0.2) is 4.39 Å². The first kappa shape index (κ1) is 16.4. The molecule has 0 bridgehead atoms. The predicted octanol–water partition coefficient (Wildman–Crippen LogP) is 2.86. The summed E-state index contributed by atoms with van der Waals surface area (Å²) in [7, 11) is 1.55. The van der Waals surface area contributed by atoms with E-state index in [1.54, 1.807) is 31.3 Å². The van der Waals surface area contributed by atoms with Gasteiger partial charge < -0.3 is 4.90 Å². The number of nitriles is 1. The highest BCUT2D eigenvalue weighted by Crippen LogP contribution is 2.14. The summed E-state index contributed by atoms with van der Waals surface area (Å²) in [5.74, 6) is -0.949. The molecule has 0 aliphatic heterocycles. The molecule has 23 heavy (non-hydrogen) atoms. The second kappa shape index (κ2) is 7.32. The number of anilines is 1. The average molecular weight is 310 g/mol. The van der Waals surface area contributed by atoms with Crippen LogP contribution < -0.4 is 4.90 Å². The van der Waals surface area contributed by atoms with Crippen molar-refractivity contribution in [3.63, 3.8) is 0 Å². The SMILES string of the molecule is CN(C(=O)CC(=O)Cc1ccc(C#N)cc1)c1ccc(F)cc1. The minimum Gasteiger partial charge on any atom is -0.315 e. The van der Waals surface area contributed by atoms with Gasteiger partial charge >= 0.3 is 0 Å². The molecule has 0 saturated heterocycles. The Hall–Kier alpha value is -3.00. The van der Waals surface area contributed by atoms with E-state index in [0.717, 1.165) is 5.56 Å². The number of benzene rings is 2. The van der Waals surface area contributed by atoms with Crippen LogP contribution in [-0.2, 0) is 16.0 Å². The summed E-state index contributed by atoms with van der Waals surface area (Å²) < 4.78 is 12.9. The minimum atomic E-state index is -0.383. The lowest BCUT2D eigenvalue weighted by Gasteiger charge is -2.16. The van der Waals surface area contributed by atoms with Crippen LogP contribution in [0.4, 0.5) is 10.1 Å². The molecule has 2 aromatic rings. The third-order valence-corrected chi connectivity index (χ3v) is 3.42. The second-order valence-electron chi connectivity index (χ2n) is 5.13. The molecule has 0 atom stereocenters. The number of amides is 1. The lowest BCUT2D eigenvalue weighted by Crippen LogP contribution is -2.28. The van der Waals surface area contributed by atoms with Gasteiger partial charge in [0.05, 0.1) is 18.1 Å². The molecule has 2 rings (SSSR count). The van der Waals surface area contributed by atoms with Crippen LogP contribution in [0.3, 0.4) is 0 Å². The summed E-state index contributed by atoms with van der Waals surface area (Å²) in [5.41, 5.74) is 1.81. The molecule has 4 nitrogen and oxygen atoms in total. The third-order valence-electron chi connectivity index (χ3n) is 3.42. The van der Waals surface area contributed by atoms with Gasteiger partial charge in [-0.15, -0.1) is 0 Å². The molecule has 0 heterocycles. The van der Waals surface area contributed by atoms with Crippen molar-refractivity contribution in [3.8, 4) is 6.07 Å². The van der Waals surface area contributed by atoms with E-state index in [1.165, 1.54) is 29.2 Å². The van der Waals surface area contributed by atoms with Gasteiger partial charge in [0, 0.05) is 19.2 Å². The number of hydrogen-bond donors (Lipinski definition) is 0. The highest BCUT2D eigenvalue weighted by atomic mass is 19.1. The molecular formula is C18H15FN2O2. The molecule has 0 saturated carbocycles. The normalized spacial score (nSPS) is 9.96. The summed E-state index contributed by atoms with van der Waals surface area (Å²) in [6, 6.07) is 14.2. The van der Waals surface area contributed by atoms with E-state index in [1.807, 2.05) is 6.07 Å². The number of halogens is 1. The van der Waals surface area contributed by atoms with Crippen molar-refractivity contribution < 1.29 is 14.0 Å². The molecule has 0 radical (unpaired) electrons. The number of nitrogens with zero attached hydrogens (tertiary/aromatic N) is 2. The number of Topliss-reactive ketones (excluding diaryl/α,β-unsaturated/α-hetero) is 1. The van der Waals surface area contributed by atoms with Crippen LogP contribution in [0.25, 0.3) is 0 Å². The Morgan fingerprint density at radius 1 is 1.09 bits per heavy atom. The van der Waals surface area contributed by atoms with E-state index in [9.17, 15) is 14.0 Å². The first-order valence-corrected chi connectivity index (χ1v) is 7.02. The molecule has 5 heteroatoms. The van der Waals surface area contributed by atoms with Gasteiger partial charge in [-0.3, -0.25) is 9.59 Å². The van der Waals surface area contributed by atoms with Gasteiger partial charge in [-0.05, 0) is 42.0 Å². The number of carbonyl (C=O) groups excluding carboxylic acids is 2. The summed E-state index contributed by atoms with van der Waals surface area (Å²) in [5, 5.41) is 8.73. The molecule has 0 N–H and O–H groups in total. The quantitative estimate of drug-likeness (QED) is 0.798. The molecule has 0 aromatic heterocycles. The third kappa shape index (κ3) is 4.48. The topological polar surface area (TPSA) is 61.2 Å². The summed E-state index contributed by atoms with van der Waals surface area (Å²) in [4.78, 5) is 25.4.